The van der Waals surface area contributed by atoms with E-state index in [1.165, 1.54) is 13.8 Å². The van der Waals surface area contributed by atoms with Crippen LogP contribution in [0.4, 0.5) is 0 Å². The predicted molar refractivity (Wildman–Crippen MR) is 135 cm³/mol. The largest absolute Gasteiger partial charge is 0.477 e. The molecular formula is C25H34N6O3. The van der Waals surface area contributed by atoms with Crippen LogP contribution in [-0.2, 0) is 18.6 Å². The van der Waals surface area contributed by atoms with Gasteiger partial charge in [-0.1, -0.05) is 56.0 Å². The van der Waals surface area contributed by atoms with Crippen LogP contribution in [0.25, 0.3) is 5.57 Å². The molecule has 9 nitrogen and oxygen atoms in total. The number of hydrazine groups is 1. The maximum Gasteiger partial charge on any atom is 0.354 e. The highest BCUT2D eigenvalue weighted by molar-refractivity contribution is 6.11. The summed E-state index contributed by atoms with van der Waals surface area (Å²) in [4.78, 5) is 16.6. The Morgan fingerprint density at radius 2 is 1.97 bits per heavy atom. The zero-order chi connectivity index (χ0) is 25.5. The number of imidazole rings is 1. The number of benzene rings is 1. The van der Waals surface area contributed by atoms with E-state index in [9.17, 15) is 15.0 Å². The minimum atomic E-state index is -1.38. The van der Waals surface area contributed by atoms with Crippen molar-refractivity contribution >= 4 is 17.4 Å². The first-order valence-electron chi connectivity index (χ1n) is 11.0. The summed E-state index contributed by atoms with van der Waals surface area (Å²) in [5.41, 5.74) is 4.57. The quantitative estimate of drug-likeness (QED) is 0.119. The molecule has 0 unspecified atom stereocenters. The highest BCUT2D eigenvalue weighted by Gasteiger charge is 2.31. The highest BCUT2D eigenvalue weighted by Crippen LogP contribution is 2.28. The van der Waals surface area contributed by atoms with Gasteiger partial charge >= 0.3 is 5.97 Å². The zero-order valence-corrected chi connectivity index (χ0v) is 20.2. The molecule has 34 heavy (non-hydrogen) atoms. The summed E-state index contributed by atoms with van der Waals surface area (Å²) in [5, 5.41) is 24.1. The van der Waals surface area contributed by atoms with Gasteiger partial charge in [-0.05, 0) is 43.9 Å². The van der Waals surface area contributed by atoms with Crippen LogP contribution in [0, 0.1) is 0 Å². The number of nitrogens with two attached hydrogens (primary N) is 2. The number of carboxylic acids is 1. The summed E-state index contributed by atoms with van der Waals surface area (Å²) in [7, 11) is 0. The van der Waals surface area contributed by atoms with Gasteiger partial charge in [-0.15, -0.1) is 0 Å². The number of hydrogen-bond donors (Lipinski definition) is 5. The number of nitrogens with one attached hydrogen (secondary N) is 1. The Balaban J connectivity index is 2.52. The van der Waals surface area contributed by atoms with Gasteiger partial charge < -0.3 is 26.0 Å². The Hall–Kier alpha value is -3.69. The van der Waals surface area contributed by atoms with E-state index in [2.05, 4.69) is 22.1 Å². The van der Waals surface area contributed by atoms with Gasteiger partial charge in [0.15, 0.2) is 11.5 Å². The molecule has 0 saturated carbocycles. The molecule has 0 atom stereocenters. The Kier molecular flexibility index (Phi) is 8.94. The molecule has 0 saturated heterocycles. The minimum Gasteiger partial charge on any atom is -0.477 e. The van der Waals surface area contributed by atoms with Crippen LogP contribution in [-0.4, -0.2) is 31.6 Å². The lowest BCUT2D eigenvalue weighted by Crippen LogP contribution is -2.33. The molecule has 0 aliphatic rings. The summed E-state index contributed by atoms with van der Waals surface area (Å²) in [5.74, 6) is 10.9. The van der Waals surface area contributed by atoms with E-state index in [0.717, 1.165) is 23.1 Å². The summed E-state index contributed by atoms with van der Waals surface area (Å²) in [6, 6.07) is 7.68. The standard InChI is InChI=1S/C25H34N6O3/c1-6-9-19(18(8-3)23(29-26)30-27)17-13-11-16(12-14-17)15-31-20(10-7-2)28-22(25(4,5)34)21(31)24(32)33/h6,8-9,11-14,34H,1,7,10,15,26-27H2,2-5H3,(H,29,30)(H,32,33)/b18-8+,19-9-. The summed E-state index contributed by atoms with van der Waals surface area (Å²) < 4.78 is 1.67. The SMILES string of the molecule is C=C\C=C(C(=C\C)/C(=N/N)NN)\c1ccc(Cn2c(CCC)nc(C(C)(C)O)c2C(=O)O)cc1. The first-order valence-corrected chi connectivity index (χ1v) is 11.0. The number of allylic oxidation sites excluding steroid dienone is 3. The third kappa shape index (κ3) is 5.81. The van der Waals surface area contributed by atoms with Crippen LogP contribution < -0.4 is 17.1 Å². The number of hydrazone groups is 1. The van der Waals surface area contributed by atoms with Gasteiger partial charge in [0, 0.05) is 18.5 Å². The van der Waals surface area contributed by atoms with Crippen LogP contribution in [0.15, 0.2) is 59.7 Å². The van der Waals surface area contributed by atoms with Crippen molar-refractivity contribution in [2.24, 2.45) is 16.8 Å². The lowest BCUT2D eigenvalue weighted by Gasteiger charge is -2.16. The van der Waals surface area contributed by atoms with E-state index in [1.807, 2.05) is 50.3 Å². The van der Waals surface area contributed by atoms with Crippen LogP contribution in [0.5, 0.6) is 0 Å². The number of hydrogen-bond acceptors (Lipinski definition) is 6. The number of carboxylic acid groups (broad SMARTS) is 1. The van der Waals surface area contributed by atoms with E-state index in [4.69, 9.17) is 11.7 Å². The van der Waals surface area contributed by atoms with Crippen LogP contribution in [0.2, 0.25) is 0 Å². The maximum absolute atomic E-state index is 12.1. The number of amidine groups is 1. The third-order valence-corrected chi connectivity index (χ3v) is 5.29. The predicted octanol–water partition coefficient (Wildman–Crippen LogP) is 3.06. The molecule has 0 spiro atoms. The van der Waals surface area contributed by atoms with E-state index >= 15 is 0 Å². The second kappa shape index (κ2) is 11.4. The molecule has 0 bridgehead atoms. The first kappa shape index (κ1) is 26.6. The molecular weight excluding hydrogens is 432 g/mol. The number of rotatable bonds is 10. The van der Waals surface area contributed by atoms with Crippen LogP contribution in [0.1, 0.15) is 67.2 Å². The molecule has 0 fully saturated rings. The van der Waals surface area contributed by atoms with Gasteiger partial charge in [0.2, 0.25) is 0 Å². The van der Waals surface area contributed by atoms with Crippen molar-refractivity contribution in [2.75, 3.05) is 0 Å². The van der Waals surface area contributed by atoms with Gasteiger partial charge in [-0.25, -0.2) is 15.6 Å². The van der Waals surface area contributed by atoms with E-state index in [1.54, 1.807) is 10.6 Å². The molecule has 1 aromatic heterocycles. The lowest BCUT2D eigenvalue weighted by atomic mass is 9.95. The molecule has 0 aliphatic carbocycles. The molecule has 182 valence electrons. The first-order chi connectivity index (χ1) is 16.1. The monoisotopic (exact) mass is 466 g/mol. The van der Waals surface area contributed by atoms with E-state index in [0.29, 0.717) is 30.2 Å². The van der Waals surface area contributed by atoms with Gasteiger partial charge in [0.25, 0.3) is 0 Å². The summed E-state index contributed by atoms with van der Waals surface area (Å²) in [6.45, 7) is 11.0. The average molecular weight is 467 g/mol. The van der Waals surface area contributed by atoms with Crippen LogP contribution >= 0.6 is 0 Å². The van der Waals surface area contributed by atoms with Crippen molar-refractivity contribution < 1.29 is 15.0 Å². The normalized spacial score (nSPS) is 13.2. The Bertz CT molecular complexity index is 1120. The minimum absolute atomic E-state index is 0.00120. The van der Waals surface area contributed by atoms with Crippen molar-refractivity contribution in [3.8, 4) is 0 Å². The Labute approximate surface area is 200 Å². The van der Waals surface area contributed by atoms with Gasteiger partial charge in [0.1, 0.15) is 17.1 Å². The molecule has 0 radical (unpaired) electrons. The fraction of sp³-hybridized carbons (Fsp3) is 0.320. The number of aryl methyl sites for hydroxylation is 1. The maximum atomic E-state index is 12.1. The Morgan fingerprint density at radius 3 is 2.41 bits per heavy atom. The average Bonchev–Trinajstić information content (AvgIpc) is 3.16. The fourth-order valence-electron chi connectivity index (χ4n) is 3.76. The second-order valence-electron chi connectivity index (χ2n) is 8.26. The van der Waals surface area contributed by atoms with Crippen molar-refractivity contribution in [1.29, 1.82) is 0 Å². The fourth-order valence-corrected chi connectivity index (χ4v) is 3.76. The molecule has 7 N–H and O–H groups in total. The number of carbonyl (C=O) groups is 1. The molecule has 9 heteroatoms. The van der Waals surface area contributed by atoms with Crippen molar-refractivity contribution in [3.05, 3.63) is 83.0 Å². The van der Waals surface area contributed by atoms with Gasteiger partial charge in [0.05, 0.1) is 0 Å². The number of aromatic nitrogens is 2. The van der Waals surface area contributed by atoms with E-state index in [-0.39, 0.29) is 11.4 Å². The number of aromatic carboxylic acids is 1. The summed E-state index contributed by atoms with van der Waals surface area (Å²) in [6.07, 6.45) is 6.73. The molecule has 1 heterocycles. The Morgan fingerprint density at radius 1 is 1.32 bits per heavy atom. The lowest BCUT2D eigenvalue weighted by molar-refractivity contribution is 0.0602. The van der Waals surface area contributed by atoms with Gasteiger partial charge in [-0.3, -0.25) is 0 Å². The van der Waals surface area contributed by atoms with Crippen molar-refractivity contribution in [2.45, 2.75) is 52.7 Å². The number of nitrogens with zero attached hydrogens (tertiary/aromatic N) is 3. The van der Waals surface area contributed by atoms with Crippen molar-refractivity contribution in [1.82, 2.24) is 15.0 Å². The zero-order valence-electron chi connectivity index (χ0n) is 20.2. The summed E-state index contributed by atoms with van der Waals surface area (Å²) >= 11 is 0. The number of aliphatic hydroxyl groups is 1. The smallest absolute Gasteiger partial charge is 0.354 e. The molecule has 1 aromatic carbocycles. The second-order valence-corrected chi connectivity index (χ2v) is 8.26. The van der Waals surface area contributed by atoms with Crippen molar-refractivity contribution in [3.63, 3.8) is 0 Å². The molecule has 0 aliphatic heterocycles. The topological polar surface area (TPSA) is 152 Å². The van der Waals surface area contributed by atoms with Gasteiger partial charge in [-0.2, -0.15) is 5.10 Å². The molecule has 2 aromatic rings. The third-order valence-electron chi connectivity index (χ3n) is 5.29. The molecule has 0 amide bonds. The van der Waals surface area contributed by atoms with E-state index < -0.39 is 11.6 Å². The van der Waals surface area contributed by atoms with Crippen LogP contribution in [0.3, 0.4) is 0 Å². The molecule has 2 rings (SSSR count). The highest BCUT2D eigenvalue weighted by atomic mass is 16.4.